The Morgan fingerprint density at radius 3 is 2.72 bits per heavy atom. The predicted molar refractivity (Wildman–Crippen MR) is 122 cm³/mol. The summed E-state index contributed by atoms with van der Waals surface area (Å²) in [5, 5.41) is 10.7. The van der Waals surface area contributed by atoms with Crippen molar-refractivity contribution in [2.75, 3.05) is 12.0 Å². The number of aryl methyl sites for hydroxylation is 2. The number of nitrogens with zero attached hydrogens (tertiary/aromatic N) is 3. The number of H-pyrrole nitrogens is 1. The lowest BCUT2D eigenvalue weighted by Crippen LogP contribution is -2.31. The van der Waals surface area contributed by atoms with Crippen molar-refractivity contribution in [1.29, 1.82) is 5.26 Å². The number of carbonyl (C=O) groups is 2. The molecular formula is C25H20N4O3. The molecule has 0 saturated heterocycles. The second kappa shape index (κ2) is 7.43. The molecule has 0 spiro atoms. The summed E-state index contributed by atoms with van der Waals surface area (Å²) in [7, 11) is 3.49. The zero-order valence-electron chi connectivity index (χ0n) is 17.7. The van der Waals surface area contributed by atoms with Gasteiger partial charge in [-0.25, -0.2) is 4.90 Å². The molecule has 3 heterocycles. The lowest BCUT2D eigenvalue weighted by Gasteiger charge is -2.16. The van der Waals surface area contributed by atoms with Gasteiger partial charge >= 0.3 is 0 Å². The standard InChI is InChI=1S/C25H20N4O3/c1-28-14-19(17-12-15(32-2)9-10-22(17)28)18-13-23(30)29(25(18)31)24-16-6-3-4-7-20(16)27-21(24)8-5-11-26/h3-4,6-7,9-10,12-14,27H,5,8H2,1-2H3. The normalized spacial score (nSPS) is 13.8. The largest absolute Gasteiger partial charge is 0.497 e. The molecule has 5 rings (SSSR count). The average Bonchev–Trinajstić information content (AvgIpc) is 3.42. The second-order valence-electron chi connectivity index (χ2n) is 7.73. The number of imide groups is 1. The van der Waals surface area contributed by atoms with Crippen molar-refractivity contribution in [3.63, 3.8) is 0 Å². The fourth-order valence-electron chi connectivity index (χ4n) is 4.39. The van der Waals surface area contributed by atoms with E-state index in [-0.39, 0.29) is 12.3 Å². The highest BCUT2D eigenvalue weighted by molar-refractivity contribution is 6.45. The van der Waals surface area contributed by atoms with Gasteiger partial charge in [0.1, 0.15) is 5.75 Å². The van der Waals surface area contributed by atoms with Crippen molar-refractivity contribution in [1.82, 2.24) is 9.55 Å². The molecule has 0 bridgehead atoms. The molecule has 0 atom stereocenters. The Kier molecular flexibility index (Phi) is 4.56. The molecule has 2 aromatic heterocycles. The van der Waals surface area contributed by atoms with E-state index >= 15 is 0 Å². The van der Waals surface area contributed by atoms with Crippen molar-refractivity contribution in [3.05, 3.63) is 66.0 Å². The van der Waals surface area contributed by atoms with E-state index in [1.54, 1.807) is 7.11 Å². The molecule has 0 saturated carbocycles. The number of methoxy groups -OCH3 is 1. The first-order valence-electron chi connectivity index (χ1n) is 10.2. The number of hydrogen-bond donors (Lipinski definition) is 1. The molecule has 0 fully saturated rings. The van der Waals surface area contributed by atoms with Crippen molar-refractivity contribution in [2.45, 2.75) is 12.8 Å². The maximum Gasteiger partial charge on any atom is 0.266 e. The molecule has 0 radical (unpaired) electrons. The maximum absolute atomic E-state index is 13.6. The van der Waals surface area contributed by atoms with Crippen LogP contribution in [-0.4, -0.2) is 28.5 Å². The van der Waals surface area contributed by atoms with Crippen LogP contribution in [-0.2, 0) is 23.1 Å². The minimum absolute atomic E-state index is 0.277. The summed E-state index contributed by atoms with van der Waals surface area (Å²) in [6.07, 6.45) is 3.95. The van der Waals surface area contributed by atoms with Crippen LogP contribution in [0.15, 0.2) is 54.7 Å². The molecule has 4 aromatic rings. The molecule has 1 N–H and O–H groups in total. The van der Waals surface area contributed by atoms with Gasteiger partial charge < -0.3 is 14.3 Å². The third-order valence-corrected chi connectivity index (χ3v) is 5.87. The number of hydrogen-bond acceptors (Lipinski definition) is 4. The summed E-state index contributed by atoms with van der Waals surface area (Å²) in [5.74, 6) is -0.101. The van der Waals surface area contributed by atoms with Gasteiger partial charge in [0.05, 0.1) is 24.4 Å². The summed E-state index contributed by atoms with van der Waals surface area (Å²) in [6.45, 7) is 0. The first kappa shape index (κ1) is 19.6. The molecule has 1 aliphatic rings. The molecule has 32 heavy (non-hydrogen) atoms. The van der Waals surface area contributed by atoms with Gasteiger partial charge in [-0.05, 0) is 24.3 Å². The highest BCUT2D eigenvalue weighted by atomic mass is 16.5. The SMILES string of the molecule is COc1ccc2c(c1)c(C1=CC(=O)N(c3c(CCC#N)[nH]c4ccccc34)C1=O)cn2C. The molecule has 158 valence electrons. The molecule has 2 amide bonds. The number of aromatic nitrogens is 2. The Balaban J connectivity index is 1.64. The van der Waals surface area contributed by atoms with Crippen molar-refractivity contribution < 1.29 is 14.3 Å². The predicted octanol–water partition coefficient (Wildman–Crippen LogP) is 4.08. The van der Waals surface area contributed by atoms with Crippen LogP contribution in [0.2, 0.25) is 0 Å². The van der Waals surface area contributed by atoms with Gasteiger partial charge in [0, 0.05) is 65.2 Å². The number of ether oxygens (including phenoxy) is 1. The summed E-state index contributed by atoms with van der Waals surface area (Å²) in [4.78, 5) is 31.2. The Bertz CT molecular complexity index is 1480. The van der Waals surface area contributed by atoms with Crippen LogP contribution in [0.4, 0.5) is 5.69 Å². The van der Waals surface area contributed by atoms with Gasteiger partial charge in [0.2, 0.25) is 0 Å². The topological polar surface area (TPSA) is 91.1 Å². The maximum atomic E-state index is 13.6. The number of benzene rings is 2. The Hall–Kier alpha value is -4.31. The Morgan fingerprint density at radius 2 is 1.94 bits per heavy atom. The van der Waals surface area contributed by atoms with E-state index in [0.717, 1.165) is 21.8 Å². The van der Waals surface area contributed by atoms with Crippen LogP contribution in [0.5, 0.6) is 5.75 Å². The van der Waals surface area contributed by atoms with Crippen LogP contribution in [0.3, 0.4) is 0 Å². The number of amides is 2. The van der Waals surface area contributed by atoms with Gasteiger partial charge in [-0.15, -0.1) is 0 Å². The molecule has 7 nitrogen and oxygen atoms in total. The summed E-state index contributed by atoms with van der Waals surface area (Å²) in [5.41, 5.74) is 3.99. The van der Waals surface area contributed by atoms with Crippen molar-refractivity contribution in [3.8, 4) is 11.8 Å². The van der Waals surface area contributed by atoms with E-state index in [9.17, 15) is 9.59 Å². The highest BCUT2D eigenvalue weighted by Crippen LogP contribution is 2.39. The fourth-order valence-corrected chi connectivity index (χ4v) is 4.39. The molecule has 0 unspecified atom stereocenters. The Labute approximate surface area is 184 Å². The van der Waals surface area contributed by atoms with Gasteiger partial charge in [-0.1, -0.05) is 18.2 Å². The fraction of sp³-hybridized carbons (Fsp3) is 0.160. The van der Waals surface area contributed by atoms with Crippen LogP contribution < -0.4 is 9.64 Å². The first-order chi connectivity index (χ1) is 15.5. The van der Waals surface area contributed by atoms with E-state index in [2.05, 4.69) is 11.1 Å². The van der Waals surface area contributed by atoms with E-state index in [1.165, 1.54) is 11.0 Å². The second-order valence-corrected chi connectivity index (χ2v) is 7.73. The smallest absolute Gasteiger partial charge is 0.266 e. The number of para-hydroxylation sites is 1. The van der Waals surface area contributed by atoms with Gasteiger partial charge in [-0.2, -0.15) is 5.26 Å². The Morgan fingerprint density at radius 1 is 1.12 bits per heavy atom. The number of rotatable bonds is 5. The van der Waals surface area contributed by atoms with Crippen LogP contribution in [0.1, 0.15) is 17.7 Å². The van der Waals surface area contributed by atoms with Gasteiger partial charge in [0.25, 0.3) is 11.8 Å². The van der Waals surface area contributed by atoms with Crippen molar-refractivity contribution in [2.24, 2.45) is 7.05 Å². The zero-order valence-corrected chi connectivity index (χ0v) is 17.7. The number of anilines is 1. The third kappa shape index (κ3) is 2.88. The highest BCUT2D eigenvalue weighted by Gasteiger charge is 2.37. The number of aromatic amines is 1. The molecule has 7 heteroatoms. The van der Waals surface area contributed by atoms with E-state index < -0.39 is 5.91 Å². The van der Waals surface area contributed by atoms with E-state index in [4.69, 9.17) is 10.00 Å². The summed E-state index contributed by atoms with van der Waals surface area (Å²) in [6, 6.07) is 15.3. The molecule has 1 aliphatic heterocycles. The molecular weight excluding hydrogens is 404 g/mol. The number of fused-ring (bicyclic) bond motifs is 2. The van der Waals surface area contributed by atoms with E-state index in [0.29, 0.717) is 34.7 Å². The lowest BCUT2D eigenvalue weighted by molar-refractivity contribution is -0.119. The van der Waals surface area contributed by atoms with Crippen LogP contribution in [0.25, 0.3) is 27.4 Å². The van der Waals surface area contributed by atoms with Gasteiger partial charge in [0.15, 0.2) is 0 Å². The minimum atomic E-state index is -0.396. The van der Waals surface area contributed by atoms with Crippen LogP contribution >= 0.6 is 0 Å². The number of carbonyl (C=O) groups excluding carboxylic acids is 2. The number of nitrogens with one attached hydrogen (secondary N) is 1. The minimum Gasteiger partial charge on any atom is -0.497 e. The molecule has 0 aliphatic carbocycles. The van der Waals surface area contributed by atoms with Gasteiger partial charge in [-0.3, -0.25) is 9.59 Å². The summed E-state index contributed by atoms with van der Waals surface area (Å²) >= 11 is 0. The van der Waals surface area contributed by atoms with E-state index in [1.807, 2.05) is 60.3 Å². The zero-order chi connectivity index (χ0) is 22.4. The first-order valence-corrected chi connectivity index (χ1v) is 10.2. The van der Waals surface area contributed by atoms with Crippen molar-refractivity contribution >= 4 is 44.9 Å². The summed E-state index contributed by atoms with van der Waals surface area (Å²) < 4.78 is 7.28. The molecule has 2 aromatic carbocycles. The average molecular weight is 424 g/mol. The lowest BCUT2D eigenvalue weighted by atomic mass is 10.0. The number of nitriles is 1. The quantitative estimate of drug-likeness (QED) is 0.489. The monoisotopic (exact) mass is 424 g/mol. The van der Waals surface area contributed by atoms with Crippen LogP contribution in [0, 0.1) is 11.3 Å². The third-order valence-electron chi connectivity index (χ3n) is 5.87.